The third-order valence-electron chi connectivity index (χ3n) is 22.3. The van der Waals surface area contributed by atoms with E-state index in [1.807, 2.05) is 20.3 Å². The Hall–Kier alpha value is -2.51. The average Bonchev–Trinajstić information content (AvgIpc) is 0.863. The number of carbonyl (C=O) groups excluding carboxylic acids is 4. The van der Waals surface area contributed by atoms with Crippen LogP contribution in [-0.4, -0.2) is 63.3 Å². The molecule has 670 valence electrons. The van der Waals surface area contributed by atoms with E-state index in [4.69, 9.17) is 14.9 Å². The first-order valence-electron chi connectivity index (χ1n) is 48.6. The van der Waals surface area contributed by atoms with Gasteiger partial charge in [0.1, 0.15) is 5.60 Å². The van der Waals surface area contributed by atoms with Gasteiger partial charge >= 0.3 is 39.6 Å². The number of carboxylic acid groups (broad SMARTS) is 5. The SMILES string of the molecule is CC(C)CCCCCCCCCCCCCCC(=O)O.CC(C)CCCCCCCCCCCCCCC(=O)O.CC(C)CCCCCCCCCCCCCCC(=O)[O-].CCCCCCCCC(CCCCCCCC)(CCCCCCCC)CCCCCCCCCCCOC(=O)CC(O)(CC(=O)[O-])C(=O)[O-].C[CH-]C.[Ti+4]. The normalized spacial score (nSPS) is 11.7. The van der Waals surface area contributed by atoms with Crippen molar-refractivity contribution in [2.24, 2.45) is 23.2 Å². The van der Waals surface area contributed by atoms with Crippen LogP contribution in [0, 0.1) is 29.6 Å². The van der Waals surface area contributed by atoms with Crippen LogP contribution in [0.3, 0.4) is 0 Å². The number of esters is 1. The summed E-state index contributed by atoms with van der Waals surface area (Å²) in [6, 6.07) is 0. The number of ether oxygens (including phenoxy) is 1. The van der Waals surface area contributed by atoms with Crippen molar-refractivity contribution in [3.05, 3.63) is 6.42 Å². The summed E-state index contributed by atoms with van der Waals surface area (Å²) in [5.41, 5.74) is -2.26. The summed E-state index contributed by atoms with van der Waals surface area (Å²) < 4.78 is 5.00. The van der Waals surface area contributed by atoms with Crippen molar-refractivity contribution in [3.8, 4) is 0 Å². The molecule has 0 bridgehead atoms. The molecule has 1 unspecified atom stereocenters. The molecule has 0 aliphatic heterocycles. The first kappa shape index (κ1) is 121. The van der Waals surface area contributed by atoms with Crippen LogP contribution in [-0.2, 0) is 55.2 Å². The van der Waals surface area contributed by atoms with Gasteiger partial charge in [-0.3, -0.25) is 14.4 Å². The number of aliphatic hydroxyl groups is 1. The fraction of sp³-hybridized carbons (Fsp3) is 0.929. The minimum absolute atomic E-state index is 0. The summed E-state index contributed by atoms with van der Waals surface area (Å²) >= 11 is 0. The van der Waals surface area contributed by atoms with E-state index in [0.717, 1.165) is 75.5 Å². The van der Waals surface area contributed by atoms with Gasteiger partial charge in [-0.25, -0.2) is 0 Å². The third-order valence-corrected chi connectivity index (χ3v) is 22.3. The molecule has 0 rings (SSSR count). The molecule has 0 aromatic rings. The largest absolute Gasteiger partial charge is 4.00 e. The average molecular weight is 1640 g/mol. The Balaban J connectivity index is -0.000000369. The molecular weight excluding hydrogens is 1440 g/mol. The minimum atomic E-state index is -2.81. The molecule has 0 aromatic carbocycles. The number of carboxylic acids is 5. The number of aliphatic carboxylic acids is 5. The van der Waals surface area contributed by atoms with Crippen molar-refractivity contribution >= 4 is 35.8 Å². The summed E-state index contributed by atoms with van der Waals surface area (Å²) in [4.78, 5) is 64.5. The number of unbranched alkanes of at least 4 members (excludes halogenated alkanes) is 56. The minimum Gasteiger partial charge on any atom is -0.550 e. The predicted octanol–water partition coefficient (Wildman–Crippen LogP) is 28.1. The summed E-state index contributed by atoms with van der Waals surface area (Å²) in [5.74, 6) is -4.37. The van der Waals surface area contributed by atoms with Crippen molar-refractivity contribution in [3.63, 3.8) is 0 Å². The molecule has 3 N–H and O–H groups in total. The van der Waals surface area contributed by atoms with Gasteiger partial charge in [0.2, 0.25) is 0 Å². The third kappa shape index (κ3) is 109. The Kier molecular flexibility index (Phi) is 106. The van der Waals surface area contributed by atoms with E-state index in [0.29, 0.717) is 24.7 Å². The van der Waals surface area contributed by atoms with Crippen LogP contribution in [0.1, 0.15) is 558 Å². The standard InChI is InChI=1S/C42H80O7.3C18H36O2.C3H7.Ti/c1-4-7-10-13-21-26-31-41(32-27-22-14-11-8-5-2,33-28-23-15-12-9-6-3)34-29-24-19-17-16-18-20-25-30-35-49-39(45)37-42(48,40(46)47)36-38(43)44;3*1-17(2)15-13-11-9-7-5-3-4-6-8-10-12-14-16-18(19)20;1-3-2;/h48H,4-37H2,1-3H3,(H,43,44)(H,46,47);3*17H,3-16H2,1-2H3,(H,19,20);3H,1-2H3;/q;;;;-1;+4/p-3. The van der Waals surface area contributed by atoms with Crippen LogP contribution in [0.25, 0.3) is 0 Å². The topological polar surface area (TPSA) is 242 Å². The van der Waals surface area contributed by atoms with Crippen molar-refractivity contribution in [2.75, 3.05) is 6.61 Å². The quantitative estimate of drug-likeness (QED) is 0.0222. The summed E-state index contributed by atoms with van der Waals surface area (Å²) in [6.07, 6.45) is 92.4. The zero-order chi connectivity index (χ0) is 84.4. The van der Waals surface area contributed by atoms with Crippen LogP contribution in [0.2, 0.25) is 0 Å². The first-order chi connectivity index (χ1) is 53.9. The second kappa shape index (κ2) is 98.3. The maximum atomic E-state index is 11.9. The molecule has 13 nitrogen and oxygen atoms in total. The van der Waals surface area contributed by atoms with Crippen molar-refractivity contribution in [2.45, 2.75) is 563 Å². The van der Waals surface area contributed by atoms with E-state index in [1.165, 1.54) is 385 Å². The number of hydrogen-bond acceptors (Lipinski definition) is 11. The Labute approximate surface area is 716 Å². The van der Waals surface area contributed by atoms with Gasteiger partial charge in [-0.2, -0.15) is 13.8 Å². The van der Waals surface area contributed by atoms with Gasteiger partial charge in [-0.1, -0.05) is 460 Å². The van der Waals surface area contributed by atoms with Crippen molar-refractivity contribution in [1.29, 1.82) is 0 Å². The molecule has 0 aromatic heterocycles. The van der Waals surface area contributed by atoms with Crippen molar-refractivity contribution < 1.29 is 85.9 Å². The van der Waals surface area contributed by atoms with E-state index in [-0.39, 0.29) is 34.7 Å². The van der Waals surface area contributed by atoms with Gasteiger partial charge in [0.15, 0.2) is 0 Å². The number of carbonyl (C=O) groups is 6. The van der Waals surface area contributed by atoms with Gasteiger partial charge in [0.05, 0.1) is 19.0 Å². The summed E-state index contributed by atoms with van der Waals surface area (Å²) in [6.45, 7) is 24.9. The molecular formula is C99H192O13Ti. The second-order valence-corrected chi connectivity index (χ2v) is 35.5. The zero-order valence-electron chi connectivity index (χ0n) is 77.0. The van der Waals surface area contributed by atoms with E-state index < -0.39 is 54.3 Å². The maximum absolute atomic E-state index is 11.9. The monoisotopic (exact) mass is 1640 g/mol. The molecule has 1 atom stereocenters. The molecule has 0 aliphatic rings. The smallest absolute Gasteiger partial charge is 0.550 e. The van der Waals surface area contributed by atoms with Crippen molar-refractivity contribution in [1.82, 2.24) is 0 Å². The molecule has 0 fully saturated rings. The Morgan fingerprint density at radius 2 is 0.504 bits per heavy atom. The van der Waals surface area contributed by atoms with Crippen LogP contribution in [0.5, 0.6) is 0 Å². The van der Waals surface area contributed by atoms with Crippen LogP contribution in [0.15, 0.2) is 0 Å². The van der Waals surface area contributed by atoms with Gasteiger partial charge in [0.25, 0.3) is 0 Å². The van der Waals surface area contributed by atoms with E-state index in [1.54, 1.807) is 0 Å². The molecule has 0 saturated heterocycles. The Morgan fingerprint density at radius 3 is 0.708 bits per heavy atom. The Bertz CT molecular complexity index is 1790. The van der Waals surface area contributed by atoms with E-state index >= 15 is 0 Å². The van der Waals surface area contributed by atoms with Gasteiger partial charge in [0, 0.05) is 31.2 Å². The molecule has 14 heteroatoms. The molecule has 113 heavy (non-hydrogen) atoms. The van der Waals surface area contributed by atoms with Gasteiger partial charge < -0.3 is 56.2 Å². The Morgan fingerprint density at radius 1 is 0.301 bits per heavy atom. The number of hydrogen-bond donors (Lipinski definition) is 3. The van der Waals surface area contributed by atoms with Gasteiger partial charge in [-0.15, -0.1) is 0 Å². The second-order valence-electron chi connectivity index (χ2n) is 35.5. The van der Waals surface area contributed by atoms with Crippen LogP contribution < -0.4 is 15.3 Å². The first-order valence-corrected chi connectivity index (χ1v) is 48.6. The zero-order valence-corrected chi connectivity index (χ0v) is 78.5. The van der Waals surface area contributed by atoms with E-state index in [2.05, 4.69) is 62.3 Å². The molecule has 0 spiro atoms. The molecule has 0 saturated carbocycles. The molecule has 0 aliphatic carbocycles. The van der Waals surface area contributed by atoms with Crippen LogP contribution >= 0.6 is 0 Å². The molecule has 0 radical (unpaired) electrons. The molecule has 0 heterocycles. The van der Waals surface area contributed by atoms with Gasteiger partial charge in [-0.05, 0) is 81.0 Å². The fourth-order valence-corrected chi connectivity index (χ4v) is 15.1. The predicted molar refractivity (Wildman–Crippen MR) is 472 cm³/mol. The summed E-state index contributed by atoms with van der Waals surface area (Å²) in [5, 5.41) is 58.9. The van der Waals surface area contributed by atoms with Crippen LogP contribution in [0.4, 0.5) is 0 Å². The fourth-order valence-electron chi connectivity index (χ4n) is 15.1. The number of rotatable bonds is 83. The summed E-state index contributed by atoms with van der Waals surface area (Å²) in [7, 11) is 0. The maximum Gasteiger partial charge on any atom is 4.00 e. The molecule has 0 amide bonds. The van der Waals surface area contributed by atoms with E-state index in [9.17, 15) is 49.2 Å².